The van der Waals surface area contributed by atoms with Gasteiger partial charge in [0, 0.05) is 33.1 Å². The van der Waals surface area contributed by atoms with Gasteiger partial charge >= 0.3 is 0 Å². The second-order valence-electron chi connectivity index (χ2n) is 10.9. The van der Waals surface area contributed by atoms with Gasteiger partial charge in [0.1, 0.15) is 12.6 Å². The monoisotopic (exact) mass is 777 g/mol. The molecule has 0 saturated heterocycles. The van der Waals surface area contributed by atoms with Crippen LogP contribution in [0.5, 0.6) is 0 Å². The van der Waals surface area contributed by atoms with Crippen LogP contribution in [-0.2, 0) is 32.6 Å². The quantitative estimate of drug-likeness (QED) is 0.146. The van der Waals surface area contributed by atoms with Gasteiger partial charge in [-0.1, -0.05) is 91.6 Å². The van der Waals surface area contributed by atoms with Crippen molar-refractivity contribution in [3.63, 3.8) is 0 Å². The van der Waals surface area contributed by atoms with E-state index in [-0.39, 0.29) is 29.7 Å². The fourth-order valence-corrected chi connectivity index (χ4v) is 6.93. The summed E-state index contributed by atoms with van der Waals surface area (Å²) in [5.41, 5.74) is 1.73. The molecule has 4 rings (SSSR count). The van der Waals surface area contributed by atoms with Crippen LogP contribution in [0.25, 0.3) is 0 Å². The molecule has 0 aliphatic rings. The molecule has 45 heavy (non-hydrogen) atoms. The molecule has 0 unspecified atom stereocenters. The first-order valence-electron chi connectivity index (χ1n) is 14.3. The molecule has 0 saturated carbocycles. The maximum Gasteiger partial charge on any atom is 0.264 e. The summed E-state index contributed by atoms with van der Waals surface area (Å²) in [6, 6.07) is 28.2. The molecule has 1 N–H and O–H groups in total. The molecule has 0 aromatic heterocycles. The van der Waals surface area contributed by atoms with Crippen molar-refractivity contribution in [1.29, 1.82) is 0 Å². The molecular formula is C34H34Cl2IN3O4S. The first kappa shape index (κ1) is 34.7. The molecule has 0 fully saturated rings. The van der Waals surface area contributed by atoms with Gasteiger partial charge in [0.15, 0.2) is 0 Å². The van der Waals surface area contributed by atoms with Gasteiger partial charge in [0.05, 0.1) is 10.6 Å². The lowest BCUT2D eigenvalue weighted by Gasteiger charge is -2.34. The third-order valence-electron chi connectivity index (χ3n) is 7.04. The van der Waals surface area contributed by atoms with Crippen LogP contribution in [0.3, 0.4) is 0 Å². The summed E-state index contributed by atoms with van der Waals surface area (Å²) in [6.07, 6.45) is 0.205. The topological polar surface area (TPSA) is 86.8 Å². The van der Waals surface area contributed by atoms with E-state index < -0.39 is 28.5 Å². The number of hydrogen-bond donors (Lipinski definition) is 1. The second-order valence-corrected chi connectivity index (χ2v) is 14.9. The average molecular weight is 779 g/mol. The van der Waals surface area contributed by atoms with Crippen LogP contribution < -0.4 is 9.62 Å². The maximum atomic E-state index is 14.5. The largest absolute Gasteiger partial charge is 0.354 e. The van der Waals surface area contributed by atoms with E-state index in [9.17, 15) is 18.0 Å². The van der Waals surface area contributed by atoms with Gasteiger partial charge < -0.3 is 10.2 Å². The highest BCUT2D eigenvalue weighted by molar-refractivity contribution is 14.1. The molecule has 236 valence electrons. The summed E-state index contributed by atoms with van der Waals surface area (Å²) in [6.45, 7) is 3.77. The third kappa shape index (κ3) is 9.45. The van der Waals surface area contributed by atoms with E-state index in [0.29, 0.717) is 27.8 Å². The number of rotatable bonds is 13. The Hall–Kier alpha value is -3.12. The highest BCUT2D eigenvalue weighted by Crippen LogP contribution is 2.27. The number of hydrogen-bond acceptors (Lipinski definition) is 4. The minimum absolute atomic E-state index is 0.0409. The highest BCUT2D eigenvalue weighted by Gasteiger charge is 2.35. The van der Waals surface area contributed by atoms with Gasteiger partial charge in [-0.25, -0.2) is 8.42 Å². The van der Waals surface area contributed by atoms with Crippen molar-refractivity contribution in [2.75, 3.05) is 17.4 Å². The lowest BCUT2D eigenvalue weighted by molar-refractivity contribution is -0.140. The van der Waals surface area contributed by atoms with Crippen LogP contribution in [0.1, 0.15) is 25.0 Å². The molecule has 2 amide bonds. The fourth-order valence-electron chi connectivity index (χ4n) is 4.67. The summed E-state index contributed by atoms with van der Waals surface area (Å²) in [7, 11) is -4.17. The van der Waals surface area contributed by atoms with Crippen molar-refractivity contribution in [3.8, 4) is 0 Å². The molecule has 7 nitrogen and oxygen atoms in total. The van der Waals surface area contributed by atoms with E-state index >= 15 is 0 Å². The highest BCUT2D eigenvalue weighted by atomic mass is 127. The molecule has 0 spiro atoms. The number of anilines is 1. The Kier molecular flexibility index (Phi) is 12.3. The van der Waals surface area contributed by atoms with Gasteiger partial charge in [0.25, 0.3) is 10.0 Å². The van der Waals surface area contributed by atoms with Crippen molar-refractivity contribution in [2.24, 2.45) is 5.92 Å². The predicted molar refractivity (Wildman–Crippen MR) is 189 cm³/mol. The second kappa shape index (κ2) is 15.9. The van der Waals surface area contributed by atoms with Gasteiger partial charge in [-0.3, -0.25) is 13.9 Å². The maximum absolute atomic E-state index is 14.5. The predicted octanol–water partition coefficient (Wildman–Crippen LogP) is 7.21. The Morgan fingerprint density at radius 3 is 2.09 bits per heavy atom. The first-order valence-corrected chi connectivity index (χ1v) is 17.6. The summed E-state index contributed by atoms with van der Waals surface area (Å²) in [4.78, 5) is 29.8. The Balaban J connectivity index is 1.81. The van der Waals surface area contributed by atoms with Crippen LogP contribution in [0.2, 0.25) is 10.0 Å². The SMILES string of the molecule is CC(C)CNC(=O)[C@H](Cc1ccccc1)N(Cc1ccc(Cl)cc1Cl)C(=O)CN(c1ccc(I)cc1)S(=O)(=O)c1ccccc1. The lowest BCUT2D eigenvalue weighted by Crippen LogP contribution is -2.53. The molecule has 0 aliphatic carbocycles. The van der Waals surface area contributed by atoms with E-state index in [2.05, 4.69) is 27.9 Å². The molecule has 4 aromatic carbocycles. The first-order chi connectivity index (χ1) is 21.5. The van der Waals surface area contributed by atoms with Crippen molar-refractivity contribution in [1.82, 2.24) is 10.2 Å². The molecule has 4 aromatic rings. The van der Waals surface area contributed by atoms with E-state index in [1.165, 1.54) is 17.0 Å². The molecule has 0 bridgehead atoms. The minimum atomic E-state index is -4.17. The van der Waals surface area contributed by atoms with Crippen molar-refractivity contribution in [3.05, 3.63) is 128 Å². The van der Waals surface area contributed by atoms with Gasteiger partial charge in [-0.05, 0) is 88.2 Å². The molecule has 0 radical (unpaired) electrons. The Morgan fingerprint density at radius 1 is 0.867 bits per heavy atom. The van der Waals surface area contributed by atoms with Gasteiger partial charge in [-0.15, -0.1) is 0 Å². The van der Waals surface area contributed by atoms with Crippen LogP contribution in [-0.4, -0.2) is 44.3 Å². The lowest BCUT2D eigenvalue weighted by atomic mass is 10.0. The average Bonchev–Trinajstić information content (AvgIpc) is 3.02. The number of carbonyl (C=O) groups excluding carboxylic acids is 2. The van der Waals surface area contributed by atoms with E-state index in [1.54, 1.807) is 60.7 Å². The molecule has 0 aliphatic heterocycles. The summed E-state index contributed by atoms with van der Waals surface area (Å²) in [5, 5.41) is 3.73. The van der Waals surface area contributed by atoms with Gasteiger partial charge in [0.2, 0.25) is 11.8 Å². The summed E-state index contributed by atoms with van der Waals surface area (Å²) < 4.78 is 30.1. The number of benzene rings is 4. The van der Waals surface area contributed by atoms with Crippen molar-refractivity contribution < 1.29 is 18.0 Å². The summed E-state index contributed by atoms with van der Waals surface area (Å²) in [5.74, 6) is -0.744. The Bertz CT molecular complexity index is 1710. The van der Waals surface area contributed by atoms with Gasteiger partial charge in [-0.2, -0.15) is 0 Å². The van der Waals surface area contributed by atoms with Crippen LogP contribution in [0.15, 0.2) is 108 Å². The number of sulfonamides is 1. The van der Waals surface area contributed by atoms with Crippen molar-refractivity contribution >= 4 is 73.3 Å². The van der Waals surface area contributed by atoms with Crippen LogP contribution in [0, 0.1) is 9.49 Å². The summed E-state index contributed by atoms with van der Waals surface area (Å²) >= 11 is 14.9. The Morgan fingerprint density at radius 2 is 1.49 bits per heavy atom. The van der Waals surface area contributed by atoms with E-state index in [4.69, 9.17) is 23.2 Å². The molecule has 0 heterocycles. The number of amides is 2. The number of carbonyl (C=O) groups is 2. The number of nitrogens with zero attached hydrogens (tertiary/aromatic N) is 2. The number of halogens is 3. The molecule has 11 heteroatoms. The zero-order chi connectivity index (χ0) is 32.6. The zero-order valence-electron chi connectivity index (χ0n) is 24.9. The standard InChI is InChI=1S/C34H34Cl2IN3O4S/c1-24(2)21-38-34(42)32(19-25-9-5-3-6-10-25)39(22-26-13-14-27(35)20-31(26)36)33(41)23-40(29-17-15-28(37)16-18-29)45(43,44)30-11-7-4-8-12-30/h3-18,20,24,32H,19,21-23H2,1-2H3,(H,38,42)/t32-/m0/s1. The molecule has 1 atom stereocenters. The zero-order valence-corrected chi connectivity index (χ0v) is 29.4. The fraction of sp³-hybridized carbons (Fsp3) is 0.235. The van der Waals surface area contributed by atoms with Crippen LogP contribution >= 0.6 is 45.8 Å². The third-order valence-corrected chi connectivity index (χ3v) is 10.1. The minimum Gasteiger partial charge on any atom is -0.354 e. The molecular weight excluding hydrogens is 744 g/mol. The Labute approximate surface area is 288 Å². The van der Waals surface area contributed by atoms with E-state index in [0.717, 1.165) is 13.4 Å². The van der Waals surface area contributed by atoms with Crippen molar-refractivity contribution in [2.45, 2.75) is 37.8 Å². The van der Waals surface area contributed by atoms with Crippen LogP contribution in [0.4, 0.5) is 5.69 Å². The number of nitrogens with one attached hydrogen (secondary N) is 1. The van der Waals surface area contributed by atoms with E-state index in [1.807, 2.05) is 44.2 Å². The smallest absolute Gasteiger partial charge is 0.264 e. The normalized spacial score (nSPS) is 12.0.